The van der Waals surface area contributed by atoms with Crippen molar-refractivity contribution in [3.63, 3.8) is 0 Å². The van der Waals surface area contributed by atoms with E-state index in [2.05, 4.69) is 49.9 Å². The van der Waals surface area contributed by atoms with Crippen LogP contribution in [-0.2, 0) is 0 Å². The molecule has 2 atom stereocenters. The zero-order valence-corrected chi connectivity index (χ0v) is 17.1. The number of rotatable bonds is 0. The van der Waals surface area contributed by atoms with Gasteiger partial charge in [-0.15, -0.1) is 0 Å². The molecule has 0 radical (unpaired) electrons. The second kappa shape index (κ2) is 5.78. The van der Waals surface area contributed by atoms with Crippen molar-refractivity contribution in [2.24, 2.45) is 16.7 Å². The number of urea groups is 1. The number of hydrogen-bond acceptors (Lipinski definition) is 2. The molecule has 2 aliphatic heterocycles. The monoisotopic (exact) mass is 378 g/mol. The lowest BCUT2D eigenvalue weighted by Gasteiger charge is -2.42. The van der Waals surface area contributed by atoms with Crippen LogP contribution < -0.4 is 4.90 Å². The molecule has 4 heteroatoms. The molecule has 2 fully saturated rings. The molecule has 27 heavy (non-hydrogen) atoms. The van der Waals surface area contributed by atoms with Gasteiger partial charge in [0, 0.05) is 22.9 Å². The Balaban J connectivity index is 1.55. The molecular formula is C23H26N2OS. The summed E-state index contributed by atoms with van der Waals surface area (Å²) in [5.74, 6) is 0.588. The van der Waals surface area contributed by atoms with E-state index in [0.29, 0.717) is 11.3 Å². The van der Waals surface area contributed by atoms with Crippen LogP contribution in [0, 0.1) is 16.7 Å². The van der Waals surface area contributed by atoms with Gasteiger partial charge in [0.2, 0.25) is 0 Å². The minimum absolute atomic E-state index is 0.129. The second-order valence-electron chi connectivity index (χ2n) is 9.41. The van der Waals surface area contributed by atoms with Crippen LogP contribution in [-0.4, -0.2) is 24.0 Å². The maximum atomic E-state index is 13.8. The number of hydrogen-bond donors (Lipinski definition) is 0. The van der Waals surface area contributed by atoms with Gasteiger partial charge in [-0.25, -0.2) is 4.79 Å². The highest BCUT2D eigenvalue weighted by atomic mass is 32.2. The molecule has 2 amide bonds. The van der Waals surface area contributed by atoms with Crippen molar-refractivity contribution in [1.29, 1.82) is 0 Å². The normalized spacial score (nSPS) is 27.9. The summed E-state index contributed by atoms with van der Waals surface area (Å²) in [6.07, 6.45) is 2.45. The van der Waals surface area contributed by atoms with Gasteiger partial charge in [0.1, 0.15) is 0 Å². The van der Waals surface area contributed by atoms with E-state index >= 15 is 0 Å². The Kier molecular flexibility index (Phi) is 3.68. The van der Waals surface area contributed by atoms with Crippen LogP contribution in [0.15, 0.2) is 58.3 Å². The zero-order valence-electron chi connectivity index (χ0n) is 16.2. The molecule has 3 nitrogen and oxygen atoms in total. The van der Waals surface area contributed by atoms with Crippen LogP contribution in [0.25, 0.3) is 0 Å². The number of nitrogens with zero attached hydrogens (tertiary/aromatic N) is 2. The molecule has 5 rings (SSSR count). The van der Waals surface area contributed by atoms with Gasteiger partial charge < -0.3 is 4.90 Å². The highest BCUT2D eigenvalue weighted by Gasteiger charge is 2.53. The molecule has 2 aromatic rings. The summed E-state index contributed by atoms with van der Waals surface area (Å²) in [6, 6.07) is 16.6. The van der Waals surface area contributed by atoms with Crippen molar-refractivity contribution in [3.05, 3.63) is 48.5 Å². The number of fused-ring (bicyclic) bond motifs is 4. The molecule has 0 spiro atoms. The Labute approximate surface area is 165 Å². The van der Waals surface area contributed by atoms with E-state index in [1.54, 1.807) is 11.8 Å². The largest absolute Gasteiger partial charge is 0.329 e. The summed E-state index contributed by atoms with van der Waals surface area (Å²) in [6.45, 7) is 8.84. The van der Waals surface area contributed by atoms with Gasteiger partial charge in [-0.05, 0) is 53.9 Å². The Morgan fingerprint density at radius 2 is 1.59 bits per heavy atom. The average molecular weight is 379 g/mol. The molecule has 2 aromatic carbocycles. The SMILES string of the molecule is CC1(C)C[C@@]2(C)C[C@@H]1CN(C(=O)N1c3ccccc3Sc3ccccc31)C2. The van der Waals surface area contributed by atoms with Gasteiger partial charge in [-0.3, -0.25) is 4.90 Å². The van der Waals surface area contributed by atoms with E-state index in [1.165, 1.54) is 12.8 Å². The summed E-state index contributed by atoms with van der Waals surface area (Å²) in [5, 5.41) is 0. The topological polar surface area (TPSA) is 23.6 Å². The summed E-state index contributed by atoms with van der Waals surface area (Å²) < 4.78 is 0. The first kappa shape index (κ1) is 17.2. The van der Waals surface area contributed by atoms with Crippen molar-refractivity contribution in [1.82, 2.24) is 4.90 Å². The van der Waals surface area contributed by atoms with Crippen LogP contribution >= 0.6 is 11.8 Å². The molecule has 2 bridgehead atoms. The highest BCUT2D eigenvalue weighted by Crippen LogP contribution is 2.56. The number of benzene rings is 2. The maximum Gasteiger partial charge on any atom is 0.329 e. The molecule has 1 saturated heterocycles. The molecule has 1 saturated carbocycles. The smallest absolute Gasteiger partial charge is 0.323 e. The fraction of sp³-hybridized carbons (Fsp3) is 0.435. The molecule has 0 unspecified atom stereocenters. The number of para-hydroxylation sites is 2. The van der Waals surface area contributed by atoms with Crippen LogP contribution in [0.1, 0.15) is 33.6 Å². The fourth-order valence-electron chi connectivity index (χ4n) is 5.61. The van der Waals surface area contributed by atoms with Gasteiger partial charge in [0.25, 0.3) is 0 Å². The number of likely N-dealkylation sites (tertiary alicyclic amines) is 1. The van der Waals surface area contributed by atoms with Crippen LogP contribution in [0.4, 0.5) is 16.2 Å². The minimum Gasteiger partial charge on any atom is -0.323 e. The van der Waals surface area contributed by atoms with Crippen molar-refractivity contribution in [2.75, 3.05) is 18.0 Å². The molecule has 3 aliphatic rings. The van der Waals surface area contributed by atoms with Crippen molar-refractivity contribution in [2.45, 2.75) is 43.4 Å². The lowest BCUT2D eigenvalue weighted by atomic mass is 9.82. The Morgan fingerprint density at radius 3 is 2.19 bits per heavy atom. The third-order valence-electron chi connectivity index (χ3n) is 6.63. The third kappa shape index (κ3) is 2.68. The summed E-state index contributed by atoms with van der Waals surface area (Å²) >= 11 is 1.75. The van der Waals surface area contributed by atoms with Crippen LogP contribution in [0.3, 0.4) is 0 Å². The average Bonchev–Trinajstić information content (AvgIpc) is 2.81. The molecule has 2 heterocycles. The third-order valence-corrected chi connectivity index (χ3v) is 7.76. The summed E-state index contributed by atoms with van der Waals surface area (Å²) in [7, 11) is 0. The predicted octanol–water partition coefficient (Wildman–Crippen LogP) is 6.17. The van der Waals surface area contributed by atoms with E-state index in [4.69, 9.17) is 0 Å². The first-order chi connectivity index (χ1) is 12.9. The van der Waals surface area contributed by atoms with E-state index in [-0.39, 0.29) is 11.4 Å². The maximum absolute atomic E-state index is 13.8. The Hall–Kier alpha value is -1.94. The number of carbonyl (C=O) groups excluding carboxylic acids is 1. The van der Waals surface area contributed by atoms with Crippen LogP contribution in [0.2, 0.25) is 0 Å². The van der Waals surface area contributed by atoms with E-state index in [0.717, 1.165) is 34.3 Å². The second-order valence-corrected chi connectivity index (χ2v) is 10.5. The summed E-state index contributed by atoms with van der Waals surface area (Å²) in [5.41, 5.74) is 2.57. The molecule has 0 aromatic heterocycles. The van der Waals surface area contributed by atoms with Gasteiger partial charge in [-0.2, -0.15) is 0 Å². The highest BCUT2D eigenvalue weighted by molar-refractivity contribution is 7.99. The summed E-state index contributed by atoms with van der Waals surface area (Å²) in [4.78, 5) is 20.2. The zero-order chi connectivity index (χ0) is 18.8. The quantitative estimate of drug-likeness (QED) is 0.547. The van der Waals surface area contributed by atoms with Crippen molar-refractivity contribution < 1.29 is 4.79 Å². The van der Waals surface area contributed by atoms with Gasteiger partial charge in [0.05, 0.1) is 11.4 Å². The lowest BCUT2D eigenvalue weighted by Crippen LogP contribution is -2.50. The number of piperidine rings is 1. The standard InChI is InChI=1S/C23H26N2OS/c1-22(2)14-23(3)12-16(22)13-24(15-23)21(26)25-17-8-4-6-10-19(17)27-20-11-7-5-9-18(20)25/h4-11,16H,12-15H2,1-3H3/t16-,23-/m1/s1. The van der Waals surface area contributed by atoms with E-state index in [9.17, 15) is 4.79 Å². The first-order valence-electron chi connectivity index (χ1n) is 9.81. The molecule has 0 N–H and O–H groups in total. The number of amides is 2. The first-order valence-corrected chi connectivity index (χ1v) is 10.6. The lowest BCUT2D eigenvalue weighted by molar-refractivity contribution is 0.122. The fourth-order valence-corrected chi connectivity index (χ4v) is 6.67. The molecule has 1 aliphatic carbocycles. The van der Waals surface area contributed by atoms with Crippen molar-refractivity contribution in [3.8, 4) is 0 Å². The Bertz CT molecular complexity index is 879. The van der Waals surface area contributed by atoms with Gasteiger partial charge in [-0.1, -0.05) is 56.8 Å². The number of anilines is 2. The van der Waals surface area contributed by atoms with Crippen LogP contribution in [0.5, 0.6) is 0 Å². The van der Waals surface area contributed by atoms with E-state index < -0.39 is 0 Å². The Morgan fingerprint density at radius 1 is 1.00 bits per heavy atom. The van der Waals surface area contributed by atoms with Gasteiger partial charge >= 0.3 is 6.03 Å². The van der Waals surface area contributed by atoms with Crippen molar-refractivity contribution >= 4 is 29.2 Å². The minimum atomic E-state index is 0.129. The predicted molar refractivity (Wildman–Crippen MR) is 111 cm³/mol. The number of carbonyl (C=O) groups is 1. The molecular weight excluding hydrogens is 352 g/mol. The van der Waals surface area contributed by atoms with Gasteiger partial charge in [0.15, 0.2) is 0 Å². The molecule has 140 valence electrons. The van der Waals surface area contributed by atoms with E-state index in [1.807, 2.05) is 29.2 Å².